The Morgan fingerprint density at radius 2 is 1.42 bits per heavy atom. The molecule has 3 aromatic rings. The highest BCUT2D eigenvalue weighted by atomic mass is 79.9. The van der Waals surface area contributed by atoms with Gasteiger partial charge in [0.25, 0.3) is 0 Å². The van der Waals surface area contributed by atoms with E-state index in [0.717, 1.165) is 22.3 Å². The third-order valence-electron chi connectivity index (χ3n) is 4.30. The molecule has 0 saturated heterocycles. The molecule has 2 nitrogen and oxygen atoms in total. The second-order valence-electron chi connectivity index (χ2n) is 5.83. The Hall–Kier alpha value is -2.39. The molecule has 1 atom stereocenters. The smallest absolute Gasteiger partial charge is 0.0842 e. The lowest BCUT2D eigenvalue weighted by Crippen LogP contribution is -2.18. The number of para-hydroxylation sites is 1. The molecule has 3 heteroatoms. The average Bonchev–Trinajstić information content (AvgIpc) is 3.09. The lowest BCUT2D eigenvalue weighted by Gasteiger charge is -2.24. The summed E-state index contributed by atoms with van der Waals surface area (Å²) in [6.45, 7) is 0. The van der Waals surface area contributed by atoms with E-state index < -0.39 is 0 Å². The van der Waals surface area contributed by atoms with Gasteiger partial charge in [0.15, 0.2) is 0 Å². The minimum atomic E-state index is 0.193. The van der Waals surface area contributed by atoms with Crippen LogP contribution in [0.25, 0.3) is 0 Å². The first-order valence-electron chi connectivity index (χ1n) is 8.04. The van der Waals surface area contributed by atoms with Gasteiger partial charge in [0.2, 0.25) is 0 Å². The fraction of sp³-hybridized carbons (Fsp3) is 0.0952. The number of halogens is 1. The molecule has 0 bridgehead atoms. The molecular weight excluding hydrogens is 360 g/mol. The number of hydrogen-bond donors (Lipinski definition) is 0. The van der Waals surface area contributed by atoms with Crippen LogP contribution in [0, 0.1) is 0 Å². The van der Waals surface area contributed by atoms with Gasteiger partial charge in [0.05, 0.1) is 17.4 Å². The van der Waals surface area contributed by atoms with Crippen molar-refractivity contribution in [3.63, 3.8) is 0 Å². The van der Waals surface area contributed by atoms with Gasteiger partial charge in [-0.3, -0.25) is 5.01 Å². The molecule has 4 rings (SSSR count). The van der Waals surface area contributed by atoms with Crippen LogP contribution in [0.4, 0.5) is 5.69 Å². The van der Waals surface area contributed by atoms with Crippen molar-refractivity contribution in [2.75, 3.05) is 5.01 Å². The van der Waals surface area contributed by atoms with Crippen LogP contribution in [0.15, 0.2) is 94.5 Å². The van der Waals surface area contributed by atoms with Gasteiger partial charge >= 0.3 is 0 Å². The maximum Gasteiger partial charge on any atom is 0.0842 e. The third-order valence-corrected chi connectivity index (χ3v) is 5.02. The lowest BCUT2D eigenvalue weighted by molar-refractivity contribution is 0.706. The van der Waals surface area contributed by atoms with Gasteiger partial charge in [-0.15, -0.1) is 0 Å². The van der Waals surface area contributed by atoms with E-state index in [2.05, 4.69) is 87.7 Å². The van der Waals surface area contributed by atoms with Crippen molar-refractivity contribution in [2.45, 2.75) is 12.5 Å². The summed E-state index contributed by atoms with van der Waals surface area (Å²) >= 11 is 3.70. The summed E-state index contributed by atoms with van der Waals surface area (Å²) in [6, 6.07) is 29.4. The van der Waals surface area contributed by atoms with Crippen molar-refractivity contribution in [1.29, 1.82) is 0 Å². The standard InChI is InChI=1S/C21H17BrN2/c22-19-14-8-7-13-18(19)21-15-20(16-9-3-1-4-10-16)23-24(21)17-11-5-2-6-12-17/h1-14,21H,15H2. The number of anilines is 1. The first kappa shape index (κ1) is 15.2. The predicted molar refractivity (Wildman–Crippen MR) is 103 cm³/mol. The molecule has 1 unspecified atom stereocenters. The minimum absolute atomic E-state index is 0.193. The molecule has 0 saturated carbocycles. The molecule has 0 N–H and O–H groups in total. The molecule has 0 radical (unpaired) electrons. The summed E-state index contributed by atoms with van der Waals surface area (Å²) in [7, 11) is 0. The van der Waals surface area contributed by atoms with Gasteiger partial charge in [-0.25, -0.2) is 0 Å². The molecule has 3 aromatic carbocycles. The number of benzene rings is 3. The first-order chi connectivity index (χ1) is 11.8. The molecule has 1 heterocycles. The van der Waals surface area contributed by atoms with Crippen molar-refractivity contribution in [3.8, 4) is 0 Å². The monoisotopic (exact) mass is 376 g/mol. The molecule has 118 valence electrons. The topological polar surface area (TPSA) is 15.6 Å². The maximum atomic E-state index is 4.96. The van der Waals surface area contributed by atoms with Gasteiger partial charge in [0.1, 0.15) is 0 Å². The zero-order valence-corrected chi connectivity index (χ0v) is 14.7. The van der Waals surface area contributed by atoms with Crippen molar-refractivity contribution in [2.24, 2.45) is 5.10 Å². The fourth-order valence-corrected chi connectivity index (χ4v) is 3.67. The number of hydrazone groups is 1. The highest BCUT2D eigenvalue weighted by molar-refractivity contribution is 9.10. The molecule has 0 aliphatic carbocycles. The molecule has 24 heavy (non-hydrogen) atoms. The Labute approximate surface area is 150 Å². The summed E-state index contributed by atoms with van der Waals surface area (Å²) in [5, 5.41) is 7.10. The first-order valence-corrected chi connectivity index (χ1v) is 8.84. The van der Waals surface area contributed by atoms with Crippen LogP contribution in [-0.4, -0.2) is 5.71 Å². The molecule has 0 fully saturated rings. The Balaban J connectivity index is 1.78. The summed E-state index contributed by atoms with van der Waals surface area (Å²) < 4.78 is 1.13. The van der Waals surface area contributed by atoms with Crippen molar-refractivity contribution < 1.29 is 0 Å². The van der Waals surface area contributed by atoms with Crippen LogP contribution in [0.5, 0.6) is 0 Å². The van der Waals surface area contributed by atoms with E-state index in [0.29, 0.717) is 0 Å². The van der Waals surface area contributed by atoms with Crippen molar-refractivity contribution in [3.05, 3.63) is 101 Å². The maximum absolute atomic E-state index is 4.96. The van der Waals surface area contributed by atoms with Crippen LogP contribution in [0.1, 0.15) is 23.6 Å². The Morgan fingerprint density at radius 3 is 2.12 bits per heavy atom. The van der Waals surface area contributed by atoms with Gasteiger partial charge < -0.3 is 0 Å². The molecule has 1 aliphatic heterocycles. The van der Waals surface area contributed by atoms with Crippen molar-refractivity contribution >= 4 is 27.3 Å². The fourth-order valence-electron chi connectivity index (χ4n) is 3.12. The second-order valence-corrected chi connectivity index (χ2v) is 6.69. The van der Waals surface area contributed by atoms with E-state index in [1.54, 1.807) is 0 Å². The third kappa shape index (κ3) is 2.87. The van der Waals surface area contributed by atoms with Crippen LogP contribution < -0.4 is 5.01 Å². The van der Waals surface area contributed by atoms with Gasteiger partial charge in [-0.2, -0.15) is 5.10 Å². The van der Waals surface area contributed by atoms with Gasteiger partial charge in [0, 0.05) is 10.9 Å². The Morgan fingerprint density at radius 1 is 0.792 bits per heavy atom. The quantitative estimate of drug-likeness (QED) is 0.563. The molecule has 0 spiro atoms. The summed E-state index contributed by atoms with van der Waals surface area (Å²) in [5.74, 6) is 0. The SMILES string of the molecule is Brc1ccccc1C1CC(c2ccccc2)=NN1c1ccccc1. The zero-order chi connectivity index (χ0) is 16.4. The van der Waals surface area contributed by atoms with Gasteiger partial charge in [-0.1, -0.05) is 82.7 Å². The molecule has 1 aliphatic rings. The van der Waals surface area contributed by atoms with E-state index in [-0.39, 0.29) is 6.04 Å². The normalized spacial score (nSPS) is 17.0. The molecule has 0 amide bonds. The van der Waals surface area contributed by atoms with Crippen LogP contribution >= 0.6 is 15.9 Å². The number of nitrogens with zero attached hydrogens (tertiary/aromatic N) is 2. The zero-order valence-electron chi connectivity index (χ0n) is 13.1. The molecular formula is C21H17BrN2. The van der Waals surface area contributed by atoms with E-state index in [4.69, 9.17) is 5.10 Å². The summed E-state index contributed by atoms with van der Waals surface area (Å²) in [5.41, 5.74) is 4.69. The van der Waals surface area contributed by atoms with Crippen LogP contribution in [0.3, 0.4) is 0 Å². The average molecular weight is 377 g/mol. The summed E-state index contributed by atoms with van der Waals surface area (Å²) in [6.07, 6.45) is 0.890. The van der Waals surface area contributed by atoms with Crippen LogP contribution in [-0.2, 0) is 0 Å². The van der Waals surface area contributed by atoms with E-state index in [9.17, 15) is 0 Å². The van der Waals surface area contributed by atoms with E-state index in [1.165, 1.54) is 11.1 Å². The highest BCUT2D eigenvalue weighted by Crippen LogP contribution is 2.39. The predicted octanol–water partition coefficient (Wildman–Crippen LogP) is 5.80. The minimum Gasteiger partial charge on any atom is -0.257 e. The highest BCUT2D eigenvalue weighted by Gasteiger charge is 2.30. The van der Waals surface area contributed by atoms with Crippen LogP contribution in [0.2, 0.25) is 0 Å². The molecule has 0 aromatic heterocycles. The Kier molecular flexibility index (Phi) is 4.18. The lowest BCUT2D eigenvalue weighted by atomic mass is 9.98. The van der Waals surface area contributed by atoms with E-state index in [1.807, 2.05) is 18.2 Å². The summed E-state index contributed by atoms with van der Waals surface area (Å²) in [4.78, 5) is 0. The second kappa shape index (κ2) is 6.62. The Bertz CT molecular complexity index is 859. The largest absolute Gasteiger partial charge is 0.257 e. The van der Waals surface area contributed by atoms with E-state index >= 15 is 0 Å². The van der Waals surface area contributed by atoms with Crippen molar-refractivity contribution in [1.82, 2.24) is 0 Å². The number of rotatable bonds is 3. The number of hydrogen-bond acceptors (Lipinski definition) is 2. The van der Waals surface area contributed by atoms with Gasteiger partial charge in [-0.05, 0) is 29.3 Å².